The van der Waals surface area contributed by atoms with Crippen LogP contribution in [-0.4, -0.2) is 40.4 Å². The zero-order valence-electron chi connectivity index (χ0n) is 18.4. The fourth-order valence-corrected chi connectivity index (χ4v) is 3.92. The average molecular weight is 444 g/mol. The van der Waals surface area contributed by atoms with Gasteiger partial charge < -0.3 is 19.5 Å². The Bertz CT molecular complexity index is 1190. The minimum atomic E-state index is -0.777. The number of methoxy groups -OCH3 is 1. The van der Waals surface area contributed by atoms with Crippen LogP contribution in [0.2, 0.25) is 0 Å². The highest BCUT2D eigenvalue weighted by atomic mass is 16.5. The van der Waals surface area contributed by atoms with Crippen LogP contribution < -0.4 is 9.47 Å². The predicted molar refractivity (Wildman–Crippen MR) is 123 cm³/mol. The second-order valence-corrected chi connectivity index (χ2v) is 7.52. The summed E-state index contributed by atoms with van der Waals surface area (Å²) in [7, 11) is 1.55. The molecule has 1 amide bonds. The van der Waals surface area contributed by atoms with E-state index >= 15 is 0 Å². The Hall–Kier alpha value is -4.13. The number of aromatic nitrogens is 1. The summed E-state index contributed by atoms with van der Waals surface area (Å²) in [6.07, 6.45) is 3.27. The SMILES string of the molecule is CCOc1cccc(C2C(=C(O)c3ccc(OC)cc3)C(=O)C(=O)N2Cc2ccncc2)c1. The van der Waals surface area contributed by atoms with Crippen molar-refractivity contribution in [2.75, 3.05) is 13.7 Å². The third-order valence-electron chi connectivity index (χ3n) is 5.49. The van der Waals surface area contributed by atoms with Crippen molar-refractivity contribution in [2.24, 2.45) is 0 Å². The third-order valence-corrected chi connectivity index (χ3v) is 5.49. The highest BCUT2D eigenvalue weighted by molar-refractivity contribution is 6.46. The average Bonchev–Trinajstić information content (AvgIpc) is 3.09. The van der Waals surface area contributed by atoms with Crippen LogP contribution in [0.25, 0.3) is 5.76 Å². The molecular weight excluding hydrogens is 420 g/mol. The number of nitrogens with zero attached hydrogens (tertiary/aromatic N) is 2. The van der Waals surface area contributed by atoms with E-state index in [2.05, 4.69) is 4.98 Å². The molecule has 0 radical (unpaired) electrons. The third kappa shape index (κ3) is 4.43. The molecular formula is C26H24N2O5. The predicted octanol–water partition coefficient (Wildman–Crippen LogP) is 4.11. The van der Waals surface area contributed by atoms with Crippen LogP contribution in [0.3, 0.4) is 0 Å². The summed E-state index contributed by atoms with van der Waals surface area (Å²) in [5.74, 6) is -0.405. The largest absolute Gasteiger partial charge is 0.507 e. The number of Topliss-reactive ketones (excluding diaryl/α,β-unsaturated/α-hetero) is 1. The first kappa shape index (κ1) is 22.1. The minimum Gasteiger partial charge on any atom is -0.507 e. The molecule has 3 aromatic rings. The van der Waals surface area contributed by atoms with Crippen molar-refractivity contribution in [2.45, 2.75) is 19.5 Å². The molecule has 1 N–H and O–H groups in total. The number of carbonyl (C=O) groups excluding carboxylic acids is 2. The number of likely N-dealkylation sites (tertiary alicyclic amines) is 1. The number of rotatable bonds is 7. The topological polar surface area (TPSA) is 89.0 Å². The Morgan fingerprint density at radius 2 is 1.76 bits per heavy atom. The maximum atomic E-state index is 13.2. The van der Waals surface area contributed by atoms with E-state index in [9.17, 15) is 14.7 Å². The molecule has 1 aliphatic heterocycles. The Morgan fingerprint density at radius 1 is 1.03 bits per heavy atom. The van der Waals surface area contributed by atoms with Crippen molar-refractivity contribution in [3.05, 3.63) is 95.3 Å². The monoisotopic (exact) mass is 444 g/mol. The van der Waals surface area contributed by atoms with Crippen LogP contribution in [-0.2, 0) is 16.1 Å². The van der Waals surface area contributed by atoms with Crippen molar-refractivity contribution in [1.82, 2.24) is 9.88 Å². The molecule has 33 heavy (non-hydrogen) atoms. The van der Waals surface area contributed by atoms with Gasteiger partial charge in [-0.25, -0.2) is 0 Å². The molecule has 2 heterocycles. The van der Waals surface area contributed by atoms with Crippen LogP contribution in [0.5, 0.6) is 11.5 Å². The second-order valence-electron chi connectivity index (χ2n) is 7.52. The molecule has 0 aliphatic carbocycles. The zero-order valence-corrected chi connectivity index (χ0v) is 18.4. The lowest BCUT2D eigenvalue weighted by Gasteiger charge is -2.25. The van der Waals surface area contributed by atoms with Crippen molar-refractivity contribution in [1.29, 1.82) is 0 Å². The van der Waals surface area contributed by atoms with E-state index in [-0.39, 0.29) is 17.9 Å². The number of pyridine rings is 1. The molecule has 1 aromatic heterocycles. The van der Waals surface area contributed by atoms with Gasteiger partial charge in [0.2, 0.25) is 0 Å². The zero-order chi connectivity index (χ0) is 23.4. The summed E-state index contributed by atoms with van der Waals surface area (Å²) in [4.78, 5) is 31.8. The molecule has 1 aliphatic rings. The van der Waals surface area contributed by atoms with Gasteiger partial charge in [-0.05, 0) is 66.6 Å². The van der Waals surface area contributed by atoms with Crippen LogP contribution in [0.15, 0.2) is 78.6 Å². The molecule has 1 saturated heterocycles. The maximum absolute atomic E-state index is 13.2. The number of benzene rings is 2. The van der Waals surface area contributed by atoms with E-state index in [1.165, 1.54) is 4.90 Å². The van der Waals surface area contributed by atoms with E-state index in [1.54, 1.807) is 68.0 Å². The Labute approximate surface area is 191 Å². The highest BCUT2D eigenvalue weighted by Crippen LogP contribution is 2.41. The highest BCUT2D eigenvalue weighted by Gasteiger charge is 2.46. The van der Waals surface area contributed by atoms with Crippen molar-refractivity contribution >= 4 is 17.4 Å². The molecule has 0 spiro atoms. The van der Waals surface area contributed by atoms with Gasteiger partial charge in [0, 0.05) is 24.5 Å². The number of carbonyl (C=O) groups is 2. The normalized spacial score (nSPS) is 17.3. The van der Waals surface area contributed by atoms with E-state index < -0.39 is 17.7 Å². The summed E-state index contributed by atoms with van der Waals surface area (Å²) in [6, 6.07) is 16.7. The lowest BCUT2D eigenvalue weighted by Crippen LogP contribution is -2.29. The number of hydrogen-bond acceptors (Lipinski definition) is 6. The molecule has 2 aromatic carbocycles. The Morgan fingerprint density at radius 3 is 2.42 bits per heavy atom. The van der Waals surface area contributed by atoms with Gasteiger partial charge in [-0.2, -0.15) is 0 Å². The molecule has 7 heteroatoms. The molecule has 7 nitrogen and oxygen atoms in total. The number of ether oxygens (including phenoxy) is 2. The van der Waals surface area contributed by atoms with Gasteiger partial charge in [0.05, 0.1) is 25.3 Å². The van der Waals surface area contributed by atoms with Gasteiger partial charge in [0.25, 0.3) is 11.7 Å². The van der Waals surface area contributed by atoms with Crippen molar-refractivity contribution in [3.63, 3.8) is 0 Å². The standard InChI is InChI=1S/C26H24N2O5/c1-3-33-21-6-4-5-19(15-21)23-22(24(29)18-7-9-20(32-2)10-8-18)25(30)26(31)28(23)16-17-11-13-27-14-12-17/h4-15,23,29H,3,16H2,1-2H3. The smallest absolute Gasteiger partial charge is 0.295 e. The Kier molecular flexibility index (Phi) is 6.40. The number of aliphatic hydroxyl groups excluding tert-OH is 1. The number of amides is 1. The van der Waals surface area contributed by atoms with Crippen LogP contribution >= 0.6 is 0 Å². The summed E-state index contributed by atoms with van der Waals surface area (Å²) >= 11 is 0. The van der Waals surface area contributed by atoms with Crippen molar-refractivity contribution in [3.8, 4) is 11.5 Å². The number of ketones is 1. The quantitative estimate of drug-likeness (QED) is 0.335. The fraction of sp³-hybridized carbons (Fsp3) is 0.192. The van der Waals surface area contributed by atoms with Gasteiger partial charge >= 0.3 is 0 Å². The molecule has 4 rings (SSSR count). The molecule has 1 unspecified atom stereocenters. The molecule has 1 atom stereocenters. The Balaban J connectivity index is 1.85. The lowest BCUT2D eigenvalue weighted by molar-refractivity contribution is -0.140. The van der Waals surface area contributed by atoms with Crippen molar-refractivity contribution < 1.29 is 24.2 Å². The van der Waals surface area contributed by atoms with Gasteiger partial charge in [-0.1, -0.05) is 12.1 Å². The van der Waals surface area contributed by atoms with E-state index in [0.717, 1.165) is 5.56 Å². The number of hydrogen-bond donors (Lipinski definition) is 1. The number of aliphatic hydroxyl groups is 1. The first-order valence-corrected chi connectivity index (χ1v) is 10.6. The summed E-state index contributed by atoms with van der Waals surface area (Å²) in [5.41, 5.74) is 1.95. The van der Waals surface area contributed by atoms with Gasteiger partial charge in [-0.15, -0.1) is 0 Å². The van der Waals surface area contributed by atoms with E-state index in [4.69, 9.17) is 9.47 Å². The first-order valence-electron chi connectivity index (χ1n) is 10.6. The summed E-state index contributed by atoms with van der Waals surface area (Å²) < 4.78 is 10.8. The molecule has 0 bridgehead atoms. The fourth-order valence-electron chi connectivity index (χ4n) is 3.92. The lowest BCUT2D eigenvalue weighted by atomic mass is 9.95. The van der Waals surface area contributed by atoms with Crippen LogP contribution in [0, 0.1) is 0 Å². The molecule has 1 fully saturated rings. The molecule has 168 valence electrons. The van der Waals surface area contributed by atoms with Gasteiger partial charge in [0.15, 0.2) is 0 Å². The van der Waals surface area contributed by atoms with Gasteiger partial charge in [0.1, 0.15) is 17.3 Å². The minimum absolute atomic E-state index is 0.0351. The maximum Gasteiger partial charge on any atom is 0.295 e. The summed E-state index contributed by atoms with van der Waals surface area (Å²) in [6.45, 7) is 2.55. The van der Waals surface area contributed by atoms with E-state index in [1.807, 2.05) is 19.1 Å². The van der Waals surface area contributed by atoms with E-state index in [0.29, 0.717) is 29.2 Å². The second kappa shape index (κ2) is 9.56. The van der Waals surface area contributed by atoms with Crippen LogP contribution in [0.4, 0.5) is 0 Å². The van der Waals surface area contributed by atoms with Crippen LogP contribution in [0.1, 0.15) is 29.7 Å². The first-order chi connectivity index (χ1) is 16.0. The van der Waals surface area contributed by atoms with Gasteiger partial charge in [-0.3, -0.25) is 14.6 Å². The molecule has 0 saturated carbocycles. The summed E-state index contributed by atoms with van der Waals surface area (Å²) in [5, 5.41) is 11.2.